The Bertz CT molecular complexity index is 2270. The molecule has 3 heterocycles. The van der Waals surface area contributed by atoms with Gasteiger partial charge in [-0.3, -0.25) is 28.1 Å². The first kappa shape index (κ1) is 59.6. The number of carbonyl (C=O) groups is 3. The van der Waals surface area contributed by atoms with Gasteiger partial charge in [0.05, 0.1) is 27.4 Å². The lowest BCUT2D eigenvalue weighted by molar-refractivity contribution is -0.347. The van der Waals surface area contributed by atoms with Gasteiger partial charge in [0.1, 0.15) is 36.3 Å². The first-order chi connectivity index (χ1) is 32.6. The molecule has 1 saturated heterocycles. The Labute approximate surface area is 404 Å². The van der Waals surface area contributed by atoms with Crippen molar-refractivity contribution in [3.05, 3.63) is 73.4 Å². The van der Waals surface area contributed by atoms with Crippen LogP contribution in [-0.2, 0) is 50.7 Å². The number of rotatable bonds is 32. The Hall–Kier alpha value is -3.74. The highest BCUT2D eigenvalue weighted by Gasteiger charge is 2.47. The number of phosphoric acid groups is 3. The topological polar surface area (TPSA) is 375 Å². The predicted molar refractivity (Wildman–Crippen MR) is 247 cm³/mol. The maximum Gasteiger partial charge on any atom is 0.274 e. The van der Waals surface area contributed by atoms with E-state index in [1.807, 2.05) is 6.08 Å². The molecule has 28 heteroatoms. The van der Waals surface area contributed by atoms with Gasteiger partial charge in [-0.2, -0.15) is 0 Å². The Morgan fingerprint density at radius 1 is 0.928 bits per heavy atom. The number of imidazole rings is 1. The summed E-state index contributed by atoms with van der Waals surface area (Å²) in [5, 5.41) is 26.2. The van der Waals surface area contributed by atoms with Crippen molar-refractivity contribution in [1.82, 2.24) is 30.2 Å². The van der Waals surface area contributed by atoms with Crippen LogP contribution in [0.2, 0.25) is 0 Å². The minimum atomic E-state index is -5.93. The second-order valence-corrected chi connectivity index (χ2v) is 21.1. The Morgan fingerprint density at radius 3 is 2.29 bits per heavy atom. The van der Waals surface area contributed by atoms with Crippen LogP contribution in [0, 0.1) is 5.41 Å². The van der Waals surface area contributed by atoms with E-state index in [4.69, 9.17) is 10.5 Å². The van der Waals surface area contributed by atoms with Crippen LogP contribution >= 0.6 is 35.2 Å². The highest BCUT2D eigenvalue weighted by atomic mass is 32.2. The molecule has 2 unspecified atom stereocenters. The van der Waals surface area contributed by atoms with E-state index >= 15 is 0 Å². The van der Waals surface area contributed by atoms with E-state index in [0.29, 0.717) is 0 Å². The fourth-order valence-electron chi connectivity index (χ4n) is 6.10. The van der Waals surface area contributed by atoms with Crippen LogP contribution in [0.4, 0.5) is 5.82 Å². The lowest BCUT2D eigenvalue weighted by atomic mass is 9.87. The lowest BCUT2D eigenvalue weighted by Gasteiger charge is -2.36. The van der Waals surface area contributed by atoms with Gasteiger partial charge in [0, 0.05) is 30.7 Å². The van der Waals surface area contributed by atoms with Crippen LogP contribution in [0.1, 0.15) is 84.8 Å². The molecule has 0 aromatic carbocycles. The van der Waals surface area contributed by atoms with Gasteiger partial charge in [0.15, 0.2) is 17.7 Å². The van der Waals surface area contributed by atoms with Crippen LogP contribution in [-0.4, -0.2) is 103 Å². The number of allylic oxidation sites excluding steroid dienone is 9. The SMILES string of the molecule is CCCCC/C=C\C/C=C\C/C=C\CC/C=C/C=C/C(=O)SCCNC(=O)CCNC(=O)[C@H](O)C(C)(C)COP(=O)([O-])OP(=O)([O-])OC[C@H]1O[C@@H](n2cnc3c(N)ncnc32)[C@H](O)[C@@H]1OP(=O)([O-])[O-]. The molecule has 0 spiro atoms. The summed E-state index contributed by atoms with van der Waals surface area (Å²) in [4.78, 5) is 96.7. The predicted octanol–water partition coefficient (Wildman–Crippen LogP) is 2.06. The molecule has 1 aliphatic rings. The van der Waals surface area contributed by atoms with Crippen LogP contribution in [0.25, 0.3) is 11.2 Å². The summed E-state index contributed by atoms with van der Waals surface area (Å²) in [6, 6.07) is 0. The number of carbonyl (C=O) groups excluding carboxylic acids is 3. The van der Waals surface area contributed by atoms with Crippen molar-refractivity contribution in [2.45, 2.75) is 109 Å². The number of nitrogens with one attached hydrogen (secondary N) is 2. The third kappa shape index (κ3) is 22.5. The van der Waals surface area contributed by atoms with Crippen LogP contribution in [0.5, 0.6) is 0 Å². The van der Waals surface area contributed by atoms with Crippen molar-refractivity contribution < 1.29 is 80.5 Å². The summed E-state index contributed by atoms with van der Waals surface area (Å²) >= 11 is 1.00. The number of nitrogens with two attached hydrogens (primary N) is 1. The minimum absolute atomic E-state index is 0.0231. The first-order valence-electron chi connectivity index (χ1n) is 21.8. The van der Waals surface area contributed by atoms with Crippen molar-refractivity contribution >= 4 is 69.1 Å². The molecule has 1 aliphatic heterocycles. The number of ether oxygens (including phenoxy) is 1. The normalized spacial score (nSPS) is 20.4. The monoisotopic (exact) mass is 1050 g/mol. The zero-order valence-electron chi connectivity index (χ0n) is 38.3. The quantitative estimate of drug-likeness (QED) is 0.0230. The van der Waals surface area contributed by atoms with E-state index in [1.165, 1.54) is 39.2 Å². The summed E-state index contributed by atoms with van der Waals surface area (Å²) < 4.78 is 60.8. The molecule has 6 N–H and O–H groups in total. The molecule has 3 rings (SSSR count). The highest BCUT2D eigenvalue weighted by Crippen LogP contribution is 2.56. The summed E-state index contributed by atoms with van der Waals surface area (Å²) in [6.45, 7) is 2.24. The first-order valence-corrected chi connectivity index (χ1v) is 27.2. The van der Waals surface area contributed by atoms with E-state index in [0.717, 1.165) is 61.1 Å². The molecule has 2 aromatic rings. The number of aliphatic hydroxyl groups is 2. The summed E-state index contributed by atoms with van der Waals surface area (Å²) in [5.41, 5.74) is 4.07. The number of nitrogens with zero attached hydrogens (tertiary/aromatic N) is 4. The van der Waals surface area contributed by atoms with Crippen molar-refractivity contribution in [3.8, 4) is 0 Å². The zero-order chi connectivity index (χ0) is 51.1. The van der Waals surface area contributed by atoms with E-state index < -0.39 is 84.6 Å². The van der Waals surface area contributed by atoms with Gasteiger partial charge in [0.25, 0.3) is 15.6 Å². The molecule has 0 bridgehead atoms. The molecular formula is C41H60N7O17P3S-4. The second-order valence-electron chi connectivity index (χ2n) is 15.9. The number of hydrogen-bond acceptors (Lipinski definition) is 22. The number of aromatic nitrogens is 4. The number of fused-ring (bicyclic) bond motifs is 1. The van der Waals surface area contributed by atoms with Crippen molar-refractivity contribution in [1.29, 1.82) is 0 Å². The minimum Gasteiger partial charge on any atom is -0.790 e. The lowest BCUT2D eigenvalue weighted by Crippen LogP contribution is -2.46. The number of hydrogen-bond donors (Lipinski definition) is 5. The molecule has 24 nitrogen and oxygen atoms in total. The Morgan fingerprint density at radius 2 is 1.59 bits per heavy atom. The standard InChI is InChI=1S/C41H64N7O17P3S/c1-4-5-6-7-8-9-10-11-12-13-14-15-16-17-18-19-20-21-32(50)69-25-24-43-31(49)22-23-44-39(53)36(52)41(2,3)27-62-68(59,60)65-67(57,58)61-26-30-35(64-66(54,55)56)34(51)40(63-30)48-29-47-33-37(42)45-28-46-38(33)48/h8-9,11-12,14-15,18-21,28-30,34-36,40,51-52H,4-7,10,13,16-17,22-27H2,1-3H3,(H,43,49)(H,44,53)(H,57,58)(H,59,60)(H2,42,45,46)(H2,54,55,56)/p-4/b9-8-,12-11-,15-14-,19-18+,21-20+/t30-,34-,35-,36+,40-/m1/s1. The second kappa shape index (κ2) is 29.6. The maximum atomic E-state index is 12.6. The maximum absolute atomic E-state index is 12.6. The molecule has 0 radical (unpaired) electrons. The van der Waals surface area contributed by atoms with Gasteiger partial charge in [0.2, 0.25) is 16.9 Å². The Balaban J connectivity index is 1.32. The number of anilines is 1. The van der Waals surface area contributed by atoms with E-state index in [9.17, 15) is 57.9 Å². The third-order valence-corrected chi connectivity index (χ3v) is 13.6. The molecule has 1 fully saturated rings. The molecule has 2 aromatic heterocycles. The van der Waals surface area contributed by atoms with E-state index in [1.54, 1.807) is 12.2 Å². The molecule has 7 atom stereocenters. The van der Waals surface area contributed by atoms with Gasteiger partial charge >= 0.3 is 0 Å². The van der Waals surface area contributed by atoms with E-state index in [-0.39, 0.29) is 47.4 Å². The number of aliphatic hydroxyl groups excluding tert-OH is 2. The van der Waals surface area contributed by atoms with Gasteiger partial charge < -0.3 is 69.0 Å². The number of thioether (sulfide) groups is 1. The van der Waals surface area contributed by atoms with Crippen LogP contribution < -0.4 is 35.9 Å². The number of amides is 2. The molecule has 69 heavy (non-hydrogen) atoms. The summed E-state index contributed by atoms with van der Waals surface area (Å²) in [6.07, 6.45) is 20.6. The Kier molecular flexibility index (Phi) is 25.5. The van der Waals surface area contributed by atoms with Crippen molar-refractivity contribution in [2.24, 2.45) is 5.41 Å². The summed E-state index contributed by atoms with van der Waals surface area (Å²) in [7, 11) is -17.6. The average Bonchev–Trinajstić information content (AvgIpc) is 3.84. The fourth-order valence-corrected chi connectivity index (χ4v) is 9.41. The van der Waals surface area contributed by atoms with Gasteiger partial charge in [-0.05, 0) is 44.6 Å². The molecule has 386 valence electrons. The number of unbranched alkanes of at least 4 members (excludes halogenated alkanes) is 4. The van der Waals surface area contributed by atoms with Crippen molar-refractivity contribution in [2.75, 3.05) is 37.8 Å². The van der Waals surface area contributed by atoms with E-state index in [2.05, 4.69) is 86.8 Å². The largest absolute Gasteiger partial charge is 0.790 e. The average molecular weight is 1050 g/mol. The van der Waals surface area contributed by atoms with Crippen LogP contribution in [0.3, 0.4) is 0 Å². The molecular weight excluding hydrogens is 987 g/mol. The smallest absolute Gasteiger partial charge is 0.274 e. The molecule has 2 amide bonds. The number of phosphoric ester groups is 3. The van der Waals surface area contributed by atoms with Gasteiger partial charge in [-0.15, -0.1) is 0 Å². The fraction of sp³-hybridized carbons (Fsp3) is 0.561. The van der Waals surface area contributed by atoms with Crippen molar-refractivity contribution in [3.63, 3.8) is 0 Å². The molecule has 0 saturated carbocycles. The summed E-state index contributed by atoms with van der Waals surface area (Å²) in [5.74, 6) is -1.28. The number of nitrogen functional groups attached to an aromatic ring is 1. The van der Waals surface area contributed by atoms with Gasteiger partial charge in [-0.25, -0.2) is 19.3 Å². The zero-order valence-corrected chi connectivity index (χ0v) is 41.8. The third-order valence-electron chi connectivity index (χ3n) is 9.72. The molecule has 0 aliphatic carbocycles. The van der Waals surface area contributed by atoms with Gasteiger partial charge in [-0.1, -0.05) is 100 Å². The highest BCUT2D eigenvalue weighted by molar-refractivity contribution is 8.14. The van der Waals surface area contributed by atoms with Crippen LogP contribution in [0.15, 0.2) is 73.4 Å².